The molecule has 0 spiro atoms. The third-order valence-electron chi connectivity index (χ3n) is 2.92. The van der Waals surface area contributed by atoms with Crippen LogP contribution in [0.15, 0.2) is 29.4 Å². The van der Waals surface area contributed by atoms with Gasteiger partial charge in [0.2, 0.25) is 0 Å². The van der Waals surface area contributed by atoms with Crippen molar-refractivity contribution in [3.05, 3.63) is 35.4 Å². The Morgan fingerprint density at radius 3 is 2.41 bits per heavy atom. The van der Waals surface area contributed by atoms with Gasteiger partial charge in [-0.25, -0.2) is 0 Å². The summed E-state index contributed by atoms with van der Waals surface area (Å²) in [5, 5.41) is 3.93. The molecular formula is C15H23NO. The predicted molar refractivity (Wildman–Crippen MR) is 73.5 cm³/mol. The highest BCUT2D eigenvalue weighted by Crippen LogP contribution is 2.10. The van der Waals surface area contributed by atoms with E-state index >= 15 is 0 Å². The van der Waals surface area contributed by atoms with Gasteiger partial charge in [0.15, 0.2) is 0 Å². The fourth-order valence-corrected chi connectivity index (χ4v) is 1.86. The highest BCUT2D eigenvalue weighted by Gasteiger charge is 1.98. The molecule has 0 unspecified atom stereocenters. The van der Waals surface area contributed by atoms with Crippen LogP contribution in [-0.4, -0.2) is 12.8 Å². The van der Waals surface area contributed by atoms with Crippen molar-refractivity contribution in [3.8, 4) is 0 Å². The molecule has 94 valence electrons. The Balaban J connectivity index is 2.47. The minimum absolute atomic E-state index is 0.921. The lowest BCUT2D eigenvalue weighted by molar-refractivity contribution is 0.213. The first-order valence-electron chi connectivity index (χ1n) is 6.45. The van der Waals surface area contributed by atoms with E-state index in [0.717, 1.165) is 11.3 Å². The van der Waals surface area contributed by atoms with Gasteiger partial charge in [-0.15, -0.1) is 0 Å². The quantitative estimate of drug-likeness (QED) is 0.393. The maximum absolute atomic E-state index is 4.77. The Morgan fingerprint density at radius 2 is 1.82 bits per heavy atom. The van der Waals surface area contributed by atoms with Crippen molar-refractivity contribution < 1.29 is 4.84 Å². The third-order valence-corrected chi connectivity index (χ3v) is 2.92. The van der Waals surface area contributed by atoms with Crippen LogP contribution in [0.25, 0.3) is 0 Å². The first kappa shape index (κ1) is 13.8. The lowest BCUT2D eigenvalue weighted by Gasteiger charge is -2.03. The molecule has 0 N–H and O–H groups in total. The Bertz CT molecular complexity index is 340. The molecule has 0 saturated carbocycles. The van der Waals surface area contributed by atoms with Crippen molar-refractivity contribution in [1.82, 2.24) is 0 Å². The second-order valence-corrected chi connectivity index (χ2v) is 4.37. The average Bonchev–Trinajstić information content (AvgIpc) is 2.36. The number of nitrogens with zero attached hydrogens (tertiary/aromatic N) is 1. The van der Waals surface area contributed by atoms with Gasteiger partial charge in [-0.05, 0) is 30.9 Å². The molecule has 0 aromatic heterocycles. The molecular weight excluding hydrogens is 210 g/mol. The molecule has 0 radical (unpaired) electrons. The van der Waals surface area contributed by atoms with E-state index in [9.17, 15) is 0 Å². The van der Waals surface area contributed by atoms with Gasteiger partial charge in [0, 0.05) is 0 Å². The average molecular weight is 233 g/mol. The van der Waals surface area contributed by atoms with Crippen LogP contribution in [0.4, 0.5) is 0 Å². The van der Waals surface area contributed by atoms with Crippen LogP contribution in [0.1, 0.15) is 50.7 Å². The summed E-state index contributed by atoms with van der Waals surface area (Å²) in [7, 11) is 1.57. The zero-order valence-electron chi connectivity index (χ0n) is 11.2. The van der Waals surface area contributed by atoms with E-state index in [0.29, 0.717) is 0 Å². The summed E-state index contributed by atoms with van der Waals surface area (Å²) in [5.41, 5.74) is 3.46. The van der Waals surface area contributed by atoms with Crippen molar-refractivity contribution >= 4 is 5.71 Å². The third kappa shape index (κ3) is 5.03. The van der Waals surface area contributed by atoms with Gasteiger partial charge >= 0.3 is 0 Å². The molecule has 0 heterocycles. The van der Waals surface area contributed by atoms with E-state index in [1.807, 2.05) is 6.92 Å². The van der Waals surface area contributed by atoms with E-state index in [1.54, 1.807) is 7.11 Å². The Hall–Kier alpha value is -1.31. The maximum atomic E-state index is 4.77. The van der Waals surface area contributed by atoms with E-state index < -0.39 is 0 Å². The molecule has 2 nitrogen and oxygen atoms in total. The molecule has 1 aromatic carbocycles. The monoisotopic (exact) mass is 233 g/mol. The topological polar surface area (TPSA) is 21.6 Å². The van der Waals surface area contributed by atoms with Crippen LogP contribution in [0, 0.1) is 0 Å². The molecule has 0 bridgehead atoms. The molecule has 17 heavy (non-hydrogen) atoms. The molecule has 2 heteroatoms. The van der Waals surface area contributed by atoms with Crippen molar-refractivity contribution in [2.45, 2.75) is 46.0 Å². The van der Waals surface area contributed by atoms with E-state index in [2.05, 4.69) is 36.3 Å². The van der Waals surface area contributed by atoms with Gasteiger partial charge < -0.3 is 4.84 Å². The number of oxime groups is 1. The normalized spacial score (nSPS) is 11.6. The Labute approximate surface area is 105 Å². The molecule has 0 aliphatic heterocycles. The Kier molecular flexibility index (Phi) is 6.38. The van der Waals surface area contributed by atoms with Crippen molar-refractivity contribution in [2.75, 3.05) is 7.11 Å². The van der Waals surface area contributed by atoms with E-state index in [4.69, 9.17) is 4.84 Å². The van der Waals surface area contributed by atoms with E-state index in [-0.39, 0.29) is 0 Å². The fourth-order valence-electron chi connectivity index (χ4n) is 1.86. The van der Waals surface area contributed by atoms with Gasteiger partial charge in [0.1, 0.15) is 7.11 Å². The first-order valence-corrected chi connectivity index (χ1v) is 6.45. The molecule has 1 rings (SSSR count). The van der Waals surface area contributed by atoms with Crippen molar-refractivity contribution in [2.24, 2.45) is 5.16 Å². The second-order valence-electron chi connectivity index (χ2n) is 4.37. The second kappa shape index (κ2) is 7.88. The lowest BCUT2D eigenvalue weighted by atomic mass is 10.0. The summed E-state index contributed by atoms with van der Waals surface area (Å²) in [6.45, 7) is 4.20. The van der Waals surface area contributed by atoms with E-state index in [1.165, 1.54) is 37.7 Å². The number of unbranched alkanes of at least 4 members (excludes halogenated alkanes) is 3. The van der Waals surface area contributed by atoms with Crippen LogP contribution in [0.5, 0.6) is 0 Å². The molecule has 0 saturated heterocycles. The van der Waals surface area contributed by atoms with Crippen LogP contribution >= 0.6 is 0 Å². The zero-order chi connectivity index (χ0) is 12.5. The molecule has 0 fully saturated rings. The van der Waals surface area contributed by atoms with Gasteiger partial charge in [0.05, 0.1) is 5.71 Å². The molecule has 0 aliphatic rings. The van der Waals surface area contributed by atoms with Crippen LogP contribution in [0.3, 0.4) is 0 Å². The number of hydrogen-bond acceptors (Lipinski definition) is 2. The standard InChI is InChI=1S/C15H23NO/c1-4-5-6-7-8-14-9-11-15(12-10-14)13(2)16-17-3/h9-12H,4-8H2,1-3H3. The Morgan fingerprint density at radius 1 is 1.12 bits per heavy atom. The number of rotatable bonds is 7. The molecule has 0 atom stereocenters. The van der Waals surface area contributed by atoms with Gasteiger partial charge in [-0.1, -0.05) is 55.6 Å². The van der Waals surface area contributed by atoms with Gasteiger partial charge in [-0.2, -0.15) is 0 Å². The molecule has 1 aromatic rings. The summed E-state index contributed by atoms with van der Waals surface area (Å²) in [4.78, 5) is 4.77. The SMILES string of the molecule is CCCCCCc1ccc(C(C)=NOC)cc1. The maximum Gasteiger partial charge on any atom is 0.106 e. The molecule has 0 amide bonds. The van der Waals surface area contributed by atoms with Crippen LogP contribution < -0.4 is 0 Å². The number of benzene rings is 1. The number of aryl methyl sites for hydroxylation is 1. The summed E-state index contributed by atoms with van der Waals surface area (Å²) in [6, 6.07) is 8.62. The summed E-state index contributed by atoms with van der Waals surface area (Å²) >= 11 is 0. The zero-order valence-corrected chi connectivity index (χ0v) is 11.2. The molecule has 0 aliphatic carbocycles. The van der Waals surface area contributed by atoms with Crippen molar-refractivity contribution in [1.29, 1.82) is 0 Å². The summed E-state index contributed by atoms with van der Waals surface area (Å²) in [5.74, 6) is 0. The minimum Gasteiger partial charge on any atom is -0.399 e. The highest BCUT2D eigenvalue weighted by atomic mass is 16.6. The van der Waals surface area contributed by atoms with Gasteiger partial charge in [-0.3, -0.25) is 0 Å². The number of hydrogen-bond donors (Lipinski definition) is 0. The fraction of sp³-hybridized carbons (Fsp3) is 0.533. The predicted octanol–water partition coefficient (Wildman–Crippen LogP) is 4.18. The summed E-state index contributed by atoms with van der Waals surface area (Å²) in [6.07, 6.45) is 6.45. The van der Waals surface area contributed by atoms with Gasteiger partial charge in [0.25, 0.3) is 0 Å². The highest BCUT2D eigenvalue weighted by molar-refractivity contribution is 5.98. The lowest BCUT2D eigenvalue weighted by Crippen LogP contribution is -1.96. The largest absolute Gasteiger partial charge is 0.399 e. The minimum atomic E-state index is 0.921. The first-order chi connectivity index (χ1) is 8.27. The smallest absolute Gasteiger partial charge is 0.106 e. The van der Waals surface area contributed by atoms with Crippen LogP contribution in [0.2, 0.25) is 0 Å². The van der Waals surface area contributed by atoms with Crippen LogP contribution in [-0.2, 0) is 11.3 Å². The summed E-state index contributed by atoms with van der Waals surface area (Å²) < 4.78 is 0. The van der Waals surface area contributed by atoms with Crippen molar-refractivity contribution in [3.63, 3.8) is 0 Å².